The van der Waals surface area contributed by atoms with Crippen molar-refractivity contribution in [2.45, 2.75) is 23.6 Å². The number of imide groups is 1. The predicted molar refractivity (Wildman–Crippen MR) is 159 cm³/mol. The van der Waals surface area contributed by atoms with Crippen LogP contribution in [0, 0.1) is 12.3 Å². The van der Waals surface area contributed by atoms with Gasteiger partial charge in [0.25, 0.3) is 5.91 Å². The topological polar surface area (TPSA) is 172 Å². The van der Waals surface area contributed by atoms with Gasteiger partial charge < -0.3 is 15.6 Å². The fourth-order valence-electron chi connectivity index (χ4n) is 4.93. The van der Waals surface area contributed by atoms with Crippen LogP contribution in [0.1, 0.15) is 49.0 Å². The van der Waals surface area contributed by atoms with Crippen LogP contribution >= 0.6 is 23.4 Å². The molecule has 0 aliphatic carbocycles. The Labute approximate surface area is 256 Å². The number of carbonyl (C=O) groups is 4. The number of benzene rings is 2. The standard InChI is InChI=1S/C29H29ClN6O6S/c1-16-24(21-13-35(26(21)38)22(37)14-34-9-11-42-12-10-34)33-36(27(39)19-3-2-4-20(23(19)30)29(40)41)28(16)43-15-17-5-7-18(8-6-17)25(31)32/h2-8,21H,9-15H2,1H3,(H3,31,32)(H,40,41). The second-order valence-electron chi connectivity index (χ2n) is 10.2. The normalized spacial score (nSPS) is 17.0. The van der Waals surface area contributed by atoms with Gasteiger partial charge in [0.1, 0.15) is 16.8 Å². The lowest BCUT2D eigenvalue weighted by atomic mass is 9.92. The number of carbonyl (C=O) groups excluding carboxylic acids is 3. The van der Waals surface area contributed by atoms with E-state index in [2.05, 4.69) is 5.10 Å². The average Bonchev–Trinajstić information content (AvgIpc) is 3.30. The number of hydrogen-bond donors (Lipinski definition) is 3. The minimum atomic E-state index is -1.28. The summed E-state index contributed by atoms with van der Waals surface area (Å²) in [5.41, 5.74) is 7.72. The third-order valence-electron chi connectivity index (χ3n) is 7.42. The Hall–Kier alpha value is -4.04. The van der Waals surface area contributed by atoms with Crippen LogP contribution in [0.5, 0.6) is 0 Å². The molecule has 1 atom stereocenters. The first-order chi connectivity index (χ1) is 20.6. The molecule has 12 nitrogen and oxygen atoms in total. The molecule has 0 spiro atoms. The number of thioether (sulfide) groups is 1. The summed E-state index contributed by atoms with van der Waals surface area (Å²) in [7, 11) is 0. The first-order valence-electron chi connectivity index (χ1n) is 13.4. The van der Waals surface area contributed by atoms with Crippen molar-refractivity contribution in [3.63, 3.8) is 0 Å². The number of nitrogens with zero attached hydrogens (tertiary/aromatic N) is 4. The summed E-state index contributed by atoms with van der Waals surface area (Å²) in [6.45, 7) is 4.33. The van der Waals surface area contributed by atoms with E-state index in [1.807, 2.05) is 17.0 Å². The van der Waals surface area contributed by atoms with Gasteiger partial charge in [-0.2, -0.15) is 9.78 Å². The van der Waals surface area contributed by atoms with Gasteiger partial charge >= 0.3 is 5.97 Å². The molecule has 2 amide bonds. The highest BCUT2D eigenvalue weighted by Gasteiger charge is 2.45. The maximum Gasteiger partial charge on any atom is 0.337 e. The highest BCUT2D eigenvalue weighted by molar-refractivity contribution is 7.98. The van der Waals surface area contributed by atoms with Crippen molar-refractivity contribution < 1.29 is 29.0 Å². The molecule has 2 aliphatic rings. The first kappa shape index (κ1) is 30.4. The van der Waals surface area contributed by atoms with E-state index in [4.69, 9.17) is 27.5 Å². The molecule has 4 N–H and O–H groups in total. The fraction of sp³-hybridized carbons (Fsp3) is 0.310. The van der Waals surface area contributed by atoms with Gasteiger partial charge in [-0.1, -0.05) is 41.9 Å². The van der Waals surface area contributed by atoms with Crippen LogP contribution in [0.4, 0.5) is 0 Å². The van der Waals surface area contributed by atoms with Crippen LogP contribution in [-0.4, -0.2) is 93.6 Å². The summed E-state index contributed by atoms with van der Waals surface area (Å²) in [6.07, 6.45) is 0. The molecule has 0 radical (unpaired) electrons. The second-order valence-corrected chi connectivity index (χ2v) is 11.5. The third-order valence-corrected chi connectivity index (χ3v) is 9.06. The Bertz CT molecular complexity index is 1620. The van der Waals surface area contributed by atoms with Gasteiger partial charge in [0.05, 0.1) is 41.6 Å². The van der Waals surface area contributed by atoms with Gasteiger partial charge in [0.15, 0.2) is 0 Å². The zero-order valence-electron chi connectivity index (χ0n) is 23.2. The molecule has 14 heteroatoms. The Kier molecular flexibility index (Phi) is 8.97. The van der Waals surface area contributed by atoms with E-state index in [1.165, 1.54) is 34.9 Å². The Morgan fingerprint density at radius 1 is 1.14 bits per heavy atom. The molecular formula is C29H29ClN6O6S. The number of aromatic nitrogens is 2. The molecule has 2 saturated heterocycles. The van der Waals surface area contributed by atoms with Crippen molar-refractivity contribution in [1.82, 2.24) is 19.6 Å². The van der Waals surface area contributed by atoms with E-state index in [0.29, 0.717) is 53.9 Å². The number of morpholine rings is 1. The number of likely N-dealkylation sites (tertiary alicyclic amines) is 1. The van der Waals surface area contributed by atoms with Crippen molar-refractivity contribution in [2.24, 2.45) is 5.73 Å². The second kappa shape index (κ2) is 12.7. The maximum absolute atomic E-state index is 13.8. The summed E-state index contributed by atoms with van der Waals surface area (Å²) in [5, 5.41) is 21.9. The first-order valence-corrected chi connectivity index (χ1v) is 14.8. The van der Waals surface area contributed by atoms with Crippen molar-refractivity contribution in [1.29, 1.82) is 5.41 Å². The minimum Gasteiger partial charge on any atom is -0.478 e. The van der Waals surface area contributed by atoms with E-state index in [0.717, 1.165) is 10.2 Å². The van der Waals surface area contributed by atoms with E-state index in [-0.39, 0.29) is 46.9 Å². The summed E-state index contributed by atoms with van der Waals surface area (Å²) in [6, 6.07) is 11.3. The number of amides is 2. The van der Waals surface area contributed by atoms with E-state index < -0.39 is 17.8 Å². The summed E-state index contributed by atoms with van der Waals surface area (Å²) < 4.78 is 6.47. The average molecular weight is 625 g/mol. The number of halogens is 1. The monoisotopic (exact) mass is 624 g/mol. The lowest BCUT2D eigenvalue weighted by Crippen LogP contribution is -2.57. The quantitative estimate of drug-likeness (QED) is 0.139. The van der Waals surface area contributed by atoms with Crippen molar-refractivity contribution in [2.75, 3.05) is 39.4 Å². The number of carboxylic acid groups (broad SMARTS) is 1. The smallest absolute Gasteiger partial charge is 0.337 e. The van der Waals surface area contributed by atoms with Gasteiger partial charge in [0.2, 0.25) is 11.8 Å². The van der Waals surface area contributed by atoms with E-state index in [9.17, 15) is 24.3 Å². The number of rotatable bonds is 9. The molecule has 43 heavy (non-hydrogen) atoms. The largest absolute Gasteiger partial charge is 0.478 e. The lowest BCUT2D eigenvalue weighted by molar-refractivity contribution is -0.155. The van der Waals surface area contributed by atoms with Crippen molar-refractivity contribution >= 4 is 52.9 Å². The summed E-state index contributed by atoms with van der Waals surface area (Å²) >= 11 is 7.64. The van der Waals surface area contributed by atoms with Crippen LogP contribution in [0.3, 0.4) is 0 Å². The number of nitrogens with one attached hydrogen (secondary N) is 1. The minimum absolute atomic E-state index is 0.0496. The van der Waals surface area contributed by atoms with Gasteiger partial charge in [-0.25, -0.2) is 4.79 Å². The molecule has 5 rings (SSSR count). The number of ether oxygens (including phenoxy) is 1. The molecule has 2 fully saturated rings. The molecule has 224 valence electrons. The number of nitrogens with two attached hydrogens (primary N) is 1. The van der Waals surface area contributed by atoms with Crippen LogP contribution in [-0.2, 0) is 20.1 Å². The Balaban J connectivity index is 1.43. The molecule has 3 heterocycles. The van der Waals surface area contributed by atoms with E-state index in [1.54, 1.807) is 19.1 Å². The molecule has 2 aromatic carbocycles. The van der Waals surface area contributed by atoms with E-state index >= 15 is 0 Å². The van der Waals surface area contributed by atoms with Crippen LogP contribution in [0.15, 0.2) is 47.5 Å². The summed E-state index contributed by atoms with van der Waals surface area (Å²) in [4.78, 5) is 54.6. The van der Waals surface area contributed by atoms with Gasteiger partial charge in [-0.3, -0.25) is 29.6 Å². The molecule has 1 aromatic heterocycles. The number of nitrogen functional groups attached to an aromatic ring is 1. The zero-order chi connectivity index (χ0) is 30.8. The maximum atomic E-state index is 13.8. The van der Waals surface area contributed by atoms with Gasteiger partial charge in [0, 0.05) is 36.5 Å². The lowest BCUT2D eigenvalue weighted by Gasteiger charge is -2.37. The van der Waals surface area contributed by atoms with Crippen LogP contribution in [0.25, 0.3) is 0 Å². The Morgan fingerprint density at radius 3 is 2.44 bits per heavy atom. The molecule has 0 bridgehead atoms. The summed E-state index contributed by atoms with van der Waals surface area (Å²) in [5.74, 6) is -2.95. The number of aromatic carboxylic acids is 1. The molecule has 0 saturated carbocycles. The highest BCUT2D eigenvalue weighted by Crippen LogP contribution is 2.37. The number of carboxylic acids is 1. The molecule has 3 aromatic rings. The van der Waals surface area contributed by atoms with Crippen LogP contribution in [0.2, 0.25) is 5.02 Å². The highest BCUT2D eigenvalue weighted by atomic mass is 35.5. The fourth-order valence-corrected chi connectivity index (χ4v) is 6.28. The number of hydrogen-bond acceptors (Lipinski definition) is 9. The van der Waals surface area contributed by atoms with Crippen LogP contribution < -0.4 is 5.73 Å². The predicted octanol–water partition coefficient (Wildman–Crippen LogP) is 2.59. The number of amidine groups is 1. The molecular weight excluding hydrogens is 596 g/mol. The van der Waals surface area contributed by atoms with Crippen molar-refractivity contribution in [3.05, 3.63) is 81.0 Å². The van der Waals surface area contributed by atoms with Gasteiger partial charge in [-0.05, 0) is 24.6 Å². The third kappa shape index (κ3) is 6.20. The molecule has 2 aliphatic heterocycles. The zero-order valence-corrected chi connectivity index (χ0v) is 24.8. The number of β-lactam (4-membered cyclic amide) rings is 1. The van der Waals surface area contributed by atoms with Gasteiger partial charge in [-0.15, -0.1) is 11.8 Å². The SMILES string of the molecule is Cc1c(C2CN(C(=O)CN3CCOCC3)C2=O)nn(C(=O)c2cccc(C(=O)O)c2Cl)c1SCc1ccc(C(=N)N)cc1. The Morgan fingerprint density at radius 2 is 1.81 bits per heavy atom. The molecule has 1 unspecified atom stereocenters. The van der Waals surface area contributed by atoms with Crippen molar-refractivity contribution in [3.8, 4) is 0 Å².